The Bertz CT molecular complexity index is 726. The molecule has 0 fully saturated rings. The van der Waals surface area contributed by atoms with E-state index >= 15 is 0 Å². The van der Waals surface area contributed by atoms with Gasteiger partial charge in [0.25, 0.3) is 5.91 Å². The molecule has 140 valence electrons. The van der Waals surface area contributed by atoms with Crippen molar-refractivity contribution in [2.45, 2.75) is 57.2 Å². The predicted molar refractivity (Wildman–Crippen MR) is 94.7 cm³/mol. The van der Waals surface area contributed by atoms with Gasteiger partial charge in [-0.05, 0) is 58.9 Å². The van der Waals surface area contributed by atoms with Gasteiger partial charge in [-0.1, -0.05) is 11.6 Å². The van der Waals surface area contributed by atoms with Crippen LogP contribution in [0.1, 0.15) is 34.6 Å². The maximum Gasteiger partial charge on any atom is 0.324 e. The number of benzene rings is 1. The zero-order chi connectivity index (χ0) is 19.4. The van der Waals surface area contributed by atoms with Crippen molar-refractivity contribution in [3.63, 3.8) is 0 Å². The van der Waals surface area contributed by atoms with Crippen molar-refractivity contribution in [2.24, 2.45) is 0 Å². The van der Waals surface area contributed by atoms with Crippen LogP contribution in [0.4, 0.5) is 0 Å². The van der Waals surface area contributed by atoms with Gasteiger partial charge in [-0.3, -0.25) is 9.59 Å². The average Bonchev–Trinajstić information content (AvgIpc) is 2.45. The number of esters is 1. The lowest BCUT2D eigenvalue weighted by atomic mass is 10.1. The summed E-state index contributed by atoms with van der Waals surface area (Å²) in [5, 5.41) is 3.07. The first-order chi connectivity index (χ1) is 11.3. The lowest BCUT2D eigenvalue weighted by molar-refractivity contribution is -0.156. The first kappa shape index (κ1) is 21.4. The number of nitrogens with one attached hydrogen (secondary N) is 2. The van der Waals surface area contributed by atoms with Gasteiger partial charge < -0.3 is 10.1 Å². The van der Waals surface area contributed by atoms with Crippen LogP contribution in [0, 0.1) is 0 Å². The van der Waals surface area contributed by atoms with Gasteiger partial charge in [0.1, 0.15) is 6.04 Å². The second-order valence-electron chi connectivity index (χ2n) is 6.62. The number of hydrogen-bond acceptors (Lipinski definition) is 5. The Kier molecular flexibility index (Phi) is 6.99. The smallest absolute Gasteiger partial charge is 0.324 e. The van der Waals surface area contributed by atoms with Crippen LogP contribution < -0.4 is 10.0 Å². The van der Waals surface area contributed by atoms with Gasteiger partial charge in [-0.15, -0.1) is 0 Å². The third kappa shape index (κ3) is 7.01. The molecule has 0 saturated heterocycles. The van der Waals surface area contributed by atoms with E-state index < -0.39 is 39.6 Å². The number of sulfonamides is 1. The van der Waals surface area contributed by atoms with Crippen molar-refractivity contribution < 1.29 is 22.7 Å². The van der Waals surface area contributed by atoms with E-state index in [9.17, 15) is 18.0 Å². The maximum atomic E-state index is 12.2. The zero-order valence-corrected chi connectivity index (χ0v) is 16.4. The summed E-state index contributed by atoms with van der Waals surface area (Å²) in [5.41, 5.74) is -0.473. The number of rotatable bonds is 6. The van der Waals surface area contributed by atoms with Crippen LogP contribution in [0.5, 0.6) is 0 Å². The van der Waals surface area contributed by atoms with E-state index in [1.807, 2.05) is 0 Å². The Hall–Kier alpha value is -1.64. The fraction of sp³-hybridized carbons (Fsp3) is 0.500. The molecule has 0 aliphatic rings. The summed E-state index contributed by atoms with van der Waals surface area (Å²) < 4.78 is 31.7. The number of ether oxygens (including phenoxy) is 1. The number of carbonyl (C=O) groups is 2. The van der Waals surface area contributed by atoms with E-state index in [1.165, 1.54) is 38.1 Å². The van der Waals surface area contributed by atoms with E-state index in [0.29, 0.717) is 5.02 Å². The van der Waals surface area contributed by atoms with Crippen LogP contribution in [0.2, 0.25) is 5.02 Å². The highest BCUT2D eigenvalue weighted by Crippen LogP contribution is 2.14. The molecule has 0 heterocycles. The van der Waals surface area contributed by atoms with E-state index in [2.05, 4.69) is 10.0 Å². The third-order valence-electron chi connectivity index (χ3n) is 2.97. The molecule has 0 aliphatic carbocycles. The molecule has 1 rings (SSSR count). The molecular formula is C16H23ClN2O5S. The Labute approximate surface area is 153 Å². The summed E-state index contributed by atoms with van der Waals surface area (Å²) >= 11 is 5.72. The van der Waals surface area contributed by atoms with E-state index in [-0.39, 0.29) is 4.90 Å². The SMILES string of the molecule is C[C@H](OC(=O)[C@@H](C)NS(=O)(=O)c1ccc(Cl)cc1)C(=O)NC(C)(C)C. The molecule has 1 aromatic rings. The molecule has 0 radical (unpaired) electrons. The maximum absolute atomic E-state index is 12.2. The summed E-state index contributed by atoms with van der Waals surface area (Å²) in [4.78, 5) is 23.9. The number of carbonyl (C=O) groups excluding carboxylic acids is 2. The lowest BCUT2D eigenvalue weighted by Crippen LogP contribution is -2.48. The van der Waals surface area contributed by atoms with Crippen molar-refractivity contribution in [3.8, 4) is 0 Å². The van der Waals surface area contributed by atoms with Crippen molar-refractivity contribution in [1.29, 1.82) is 0 Å². The molecule has 0 saturated carbocycles. The number of hydrogen-bond donors (Lipinski definition) is 2. The molecule has 1 amide bonds. The second-order valence-corrected chi connectivity index (χ2v) is 8.77. The molecule has 0 aromatic heterocycles. The third-order valence-corrected chi connectivity index (χ3v) is 4.78. The standard InChI is InChI=1S/C16H23ClN2O5S/c1-10(15(21)24-11(2)14(20)18-16(3,4)5)19-25(22,23)13-8-6-12(17)7-9-13/h6-11,19H,1-5H3,(H,18,20)/t10-,11+/m1/s1. The molecule has 25 heavy (non-hydrogen) atoms. The Morgan fingerprint density at radius 1 is 1.12 bits per heavy atom. The summed E-state index contributed by atoms with van der Waals surface area (Å²) in [6.07, 6.45) is -1.05. The van der Waals surface area contributed by atoms with Crippen LogP contribution >= 0.6 is 11.6 Å². The molecule has 2 N–H and O–H groups in total. The monoisotopic (exact) mass is 390 g/mol. The molecule has 1 aromatic carbocycles. The molecule has 0 spiro atoms. The minimum absolute atomic E-state index is 0.0323. The van der Waals surface area contributed by atoms with E-state index in [0.717, 1.165) is 0 Å². The van der Waals surface area contributed by atoms with Gasteiger partial charge in [-0.2, -0.15) is 4.72 Å². The average molecular weight is 391 g/mol. The summed E-state index contributed by atoms with van der Waals surface area (Å²) in [5.74, 6) is -1.32. The van der Waals surface area contributed by atoms with E-state index in [4.69, 9.17) is 16.3 Å². The topological polar surface area (TPSA) is 102 Å². The fourth-order valence-electron chi connectivity index (χ4n) is 1.76. The minimum Gasteiger partial charge on any atom is -0.451 e. The lowest BCUT2D eigenvalue weighted by Gasteiger charge is -2.24. The van der Waals surface area contributed by atoms with Crippen molar-refractivity contribution in [3.05, 3.63) is 29.3 Å². The Morgan fingerprint density at radius 3 is 2.12 bits per heavy atom. The first-order valence-electron chi connectivity index (χ1n) is 7.62. The first-order valence-corrected chi connectivity index (χ1v) is 9.48. The highest BCUT2D eigenvalue weighted by molar-refractivity contribution is 7.89. The molecule has 7 nitrogen and oxygen atoms in total. The van der Waals surface area contributed by atoms with Gasteiger partial charge in [0, 0.05) is 10.6 Å². The molecule has 0 aliphatic heterocycles. The molecular weight excluding hydrogens is 368 g/mol. The molecule has 0 bridgehead atoms. The van der Waals surface area contributed by atoms with E-state index in [1.54, 1.807) is 20.8 Å². The second kappa shape index (κ2) is 8.16. The van der Waals surface area contributed by atoms with Gasteiger partial charge in [0.2, 0.25) is 10.0 Å². The fourth-order valence-corrected chi connectivity index (χ4v) is 3.08. The summed E-state index contributed by atoms with van der Waals surface area (Å²) in [6.45, 7) is 8.14. The normalized spacial score (nSPS) is 14.5. The number of halogens is 1. The van der Waals surface area contributed by atoms with Gasteiger partial charge in [0.15, 0.2) is 6.10 Å². The van der Waals surface area contributed by atoms with Crippen molar-refractivity contribution in [1.82, 2.24) is 10.0 Å². The van der Waals surface area contributed by atoms with Gasteiger partial charge in [-0.25, -0.2) is 8.42 Å². The van der Waals surface area contributed by atoms with Crippen LogP contribution in [-0.4, -0.2) is 38.0 Å². The quantitative estimate of drug-likeness (QED) is 0.722. The van der Waals surface area contributed by atoms with Crippen LogP contribution in [-0.2, 0) is 24.3 Å². The van der Waals surface area contributed by atoms with Crippen LogP contribution in [0.3, 0.4) is 0 Å². The van der Waals surface area contributed by atoms with Gasteiger partial charge in [0.05, 0.1) is 4.90 Å². The molecule has 0 unspecified atom stereocenters. The van der Waals surface area contributed by atoms with Crippen LogP contribution in [0.15, 0.2) is 29.2 Å². The molecule has 9 heteroatoms. The van der Waals surface area contributed by atoms with Gasteiger partial charge >= 0.3 is 5.97 Å². The predicted octanol–water partition coefficient (Wildman–Crippen LogP) is 1.85. The van der Waals surface area contributed by atoms with Crippen molar-refractivity contribution in [2.75, 3.05) is 0 Å². The highest BCUT2D eigenvalue weighted by atomic mass is 35.5. The van der Waals surface area contributed by atoms with Crippen molar-refractivity contribution >= 4 is 33.5 Å². The largest absolute Gasteiger partial charge is 0.451 e. The van der Waals surface area contributed by atoms with Crippen LogP contribution in [0.25, 0.3) is 0 Å². The molecule has 2 atom stereocenters. The Morgan fingerprint density at radius 2 is 1.64 bits per heavy atom. The minimum atomic E-state index is -3.92. The zero-order valence-electron chi connectivity index (χ0n) is 14.8. The summed E-state index contributed by atoms with van der Waals surface area (Å²) in [7, 11) is -3.92. The highest BCUT2D eigenvalue weighted by Gasteiger charge is 2.27. The number of amides is 1. The Balaban J connectivity index is 2.70. The summed E-state index contributed by atoms with van der Waals surface area (Å²) in [6, 6.07) is 4.34.